The molecule has 1 N–H and O–H groups in total. The molecule has 0 fully saturated rings. The number of aromatic nitrogens is 2. The van der Waals surface area contributed by atoms with E-state index in [2.05, 4.69) is 22.4 Å². The predicted molar refractivity (Wildman–Crippen MR) is 141 cm³/mol. The average molecular weight is 507 g/mol. The van der Waals surface area contributed by atoms with Crippen molar-refractivity contribution < 1.29 is 19.0 Å². The third kappa shape index (κ3) is 7.30. The van der Waals surface area contributed by atoms with E-state index in [1.54, 1.807) is 18.2 Å². The predicted octanol–water partition coefficient (Wildman–Crippen LogP) is 5.51. The lowest BCUT2D eigenvalue weighted by Gasteiger charge is -2.14. The molecule has 0 radical (unpaired) electrons. The number of nitrogens with one attached hydrogen (secondary N) is 1. The quantitative estimate of drug-likeness (QED) is 0.196. The summed E-state index contributed by atoms with van der Waals surface area (Å²) in [7, 11) is 1.53. The van der Waals surface area contributed by atoms with Gasteiger partial charge >= 0.3 is 0 Å². The maximum atomic E-state index is 12.6. The number of carbonyl (C=O) groups is 1. The molecule has 2 aromatic carbocycles. The number of nitriles is 1. The molecule has 0 aliphatic carbocycles. The molecule has 0 aliphatic rings. The first-order valence-corrected chi connectivity index (χ1v) is 12.5. The van der Waals surface area contributed by atoms with Crippen LogP contribution in [-0.4, -0.2) is 36.4 Å². The van der Waals surface area contributed by atoms with Crippen LogP contribution in [0.4, 0.5) is 5.13 Å². The average Bonchev–Trinajstić information content (AvgIpc) is 3.32. The van der Waals surface area contributed by atoms with E-state index in [0.29, 0.717) is 35.4 Å². The lowest BCUT2D eigenvalue weighted by atomic mass is 10.1. The minimum absolute atomic E-state index is 0.0574. The molecule has 188 valence electrons. The second-order valence-corrected chi connectivity index (χ2v) is 9.12. The Morgan fingerprint density at radius 3 is 2.56 bits per heavy atom. The molecule has 1 amide bonds. The van der Waals surface area contributed by atoms with Crippen LogP contribution >= 0.6 is 11.3 Å². The minimum atomic E-state index is -0.543. The molecule has 0 unspecified atom stereocenters. The first-order chi connectivity index (χ1) is 17.4. The fourth-order valence-corrected chi connectivity index (χ4v) is 4.20. The fourth-order valence-electron chi connectivity index (χ4n) is 3.43. The number of amides is 1. The number of hydrogen-bond acceptors (Lipinski definition) is 8. The van der Waals surface area contributed by atoms with E-state index in [-0.39, 0.29) is 5.57 Å². The van der Waals surface area contributed by atoms with Crippen LogP contribution < -0.4 is 19.5 Å². The molecular formula is C27H30N4O4S. The molecule has 3 rings (SSSR count). The Morgan fingerprint density at radius 1 is 1.11 bits per heavy atom. The number of ether oxygens (including phenoxy) is 3. The third-order valence-electron chi connectivity index (χ3n) is 5.29. The summed E-state index contributed by atoms with van der Waals surface area (Å²) < 4.78 is 17.2. The normalized spacial score (nSPS) is 11.0. The Labute approximate surface area is 215 Å². The van der Waals surface area contributed by atoms with Gasteiger partial charge in [0.1, 0.15) is 35.6 Å². The van der Waals surface area contributed by atoms with Crippen LogP contribution in [0.2, 0.25) is 0 Å². The summed E-state index contributed by atoms with van der Waals surface area (Å²) in [6.45, 7) is 6.82. The number of aryl methyl sites for hydroxylation is 3. The van der Waals surface area contributed by atoms with Crippen LogP contribution in [0.3, 0.4) is 0 Å². The summed E-state index contributed by atoms with van der Waals surface area (Å²) in [5.41, 5.74) is 2.71. The number of carbonyl (C=O) groups excluding carboxylic acids is 1. The number of anilines is 1. The van der Waals surface area contributed by atoms with Crippen molar-refractivity contribution in [2.75, 3.05) is 25.6 Å². The fraction of sp³-hybridized carbons (Fsp3) is 0.333. The molecule has 1 heterocycles. The van der Waals surface area contributed by atoms with E-state index in [9.17, 15) is 10.1 Å². The van der Waals surface area contributed by atoms with Crippen molar-refractivity contribution in [2.24, 2.45) is 0 Å². The second-order valence-electron chi connectivity index (χ2n) is 8.06. The van der Waals surface area contributed by atoms with Crippen molar-refractivity contribution in [2.45, 2.75) is 40.0 Å². The molecule has 8 nitrogen and oxygen atoms in total. The first-order valence-electron chi connectivity index (χ1n) is 11.7. The Hall–Kier alpha value is -3.90. The number of para-hydroxylation sites is 1. The Bertz CT molecular complexity index is 1240. The lowest BCUT2D eigenvalue weighted by Crippen LogP contribution is -2.13. The van der Waals surface area contributed by atoms with Crippen molar-refractivity contribution >= 4 is 28.5 Å². The molecule has 9 heteroatoms. The van der Waals surface area contributed by atoms with Crippen molar-refractivity contribution in [3.8, 4) is 23.3 Å². The smallest absolute Gasteiger partial charge is 0.268 e. The number of methoxy groups -OCH3 is 1. The highest BCUT2D eigenvalue weighted by Gasteiger charge is 2.14. The number of benzene rings is 2. The summed E-state index contributed by atoms with van der Waals surface area (Å²) in [6, 6.07) is 13.2. The van der Waals surface area contributed by atoms with E-state index in [0.717, 1.165) is 41.1 Å². The van der Waals surface area contributed by atoms with Crippen LogP contribution in [-0.2, 0) is 11.2 Å². The number of nitrogens with zero attached hydrogens (tertiary/aromatic N) is 3. The van der Waals surface area contributed by atoms with E-state index in [1.165, 1.54) is 24.5 Å². The molecule has 0 bridgehead atoms. The highest BCUT2D eigenvalue weighted by atomic mass is 32.1. The van der Waals surface area contributed by atoms with Crippen molar-refractivity contribution in [1.29, 1.82) is 5.26 Å². The van der Waals surface area contributed by atoms with Gasteiger partial charge in [0.2, 0.25) is 5.13 Å². The van der Waals surface area contributed by atoms with E-state index in [4.69, 9.17) is 14.2 Å². The topological polar surface area (TPSA) is 106 Å². The summed E-state index contributed by atoms with van der Waals surface area (Å²) in [6.07, 6.45) is 4.37. The van der Waals surface area contributed by atoms with Gasteiger partial charge in [0.25, 0.3) is 5.91 Å². The van der Waals surface area contributed by atoms with Gasteiger partial charge in [-0.05, 0) is 55.2 Å². The highest BCUT2D eigenvalue weighted by molar-refractivity contribution is 7.15. The first kappa shape index (κ1) is 26.7. The standard InChI is InChI=1S/C27H30N4O4S/c1-5-6-10-24-30-31-27(36-24)29-26(32)21(17-28)15-20-11-12-22(23(16-20)33-4)34-13-14-35-25-18(2)8-7-9-19(25)3/h7-9,11-12,15-16H,5-6,10,13-14H2,1-4H3,(H,29,31,32). The van der Waals surface area contributed by atoms with Gasteiger partial charge in [-0.3, -0.25) is 10.1 Å². The van der Waals surface area contributed by atoms with Crippen LogP contribution in [0.15, 0.2) is 42.0 Å². The number of unbranched alkanes of at least 4 members (excludes halogenated alkanes) is 1. The van der Waals surface area contributed by atoms with Gasteiger partial charge in [-0.2, -0.15) is 5.26 Å². The molecule has 0 saturated carbocycles. The SMILES string of the molecule is CCCCc1nnc(NC(=O)C(C#N)=Cc2ccc(OCCOc3c(C)cccc3C)c(OC)c2)s1. The summed E-state index contributed by atoms with van der Waals surface area (Å²) in [5, 5.41) is 21.5. The summed E-state index contributed by atoms with van der Waals surface area (Å²) >= 11 is 1.32. The van der Waals surface area contributed by atoms with Crippen LogP contribution in [0, 0.1) is 25.2 Å². The zero-order valence-corrected chi connectivity index (χ0v) is 21.8. The largest absolute Gasteiger partial charge is 0.493 e. The molecule has 1 aromatic heterocycles. The van der Waals surface area contributed by atoms with Crippen LogP contribution in [0.25, 0.3) is 6.08 Å². The van der Waals surface area contributed by atoms with Gasteiger partial charge in [-0.15, -0.1) is 10.2 Å². The van der Waals surface area contributed by atoms with E-state index < -0.39 is 5.91 Å². The Balaban J connectivity index is 1.62. The minimum Gasteiger partial charge on any atom is -0.493 e. The maximum Gasteiger partial charge on any atom is 0.268 e. The molecule has 36 heavy (non-hydrogen) atoms. The van der Waals surface area contributed by atoms with Crippen LogP contribution in [0.1, 0.15) is 41.5 Å². The zero-order valence-electron chi connectivity index (χ0n) is 21.0. The molecule has 3 aromatic rings. The van der Waals surface area contributed by atoms with Crippen molar-refractivity contribution in [1.82, 2.24) is 10.2 Å². The molecule has 0 spiro atoms. The number of rotatable bonds is 12. The summed E-state index contributed by atoms with van der Waals surface area (Å²) in [4.78, 5) is 12.6. The summed E-state index contributed by atoms with van der Waals surface area (Å²) in [5.74, 6) is 1.34. The number of hydrogen-bond donors (Lipinski definition) is 1. The van der Waals surface area contributed by atoms with E-state index >= 15 is 0 Å². The second kappa shape index (κ2) is 13.3. The molecule has 0 atom stereocenters. The molecular weight excluding hydrogens is 476 g/mol. The van der Waals surface area contributed by atoms with Crippen molar-refractivity contribution in [3.05, 3.63) is 63.7 Å². The monoisotopic (exact) mass is 506 g/mol. The van der Waals surface area contributed by atoms with Gasteiger partial charge in [0, 0.05) is 6.42 Å². The van der Waals surface area contributed by atoms with E-state index in [1.807, 2.05) is 38.1 Å². The lowest BCUT2D eigenvalue weighted by molar-refractivity contribution is -0.112. The molecule has 0 saturated heterocycles. The van der Waals surface area contributed by atoms with Crippen LogP contribution in [0.5, 0.6) is 17.2 Å². The Morgan fingerprint density at radius 2 is 1.86 bits per heavy atom. The van der Waals surface area contributed by atoms with Crippen molar-refractivity contribution in [3.63, 3.8) is 0 Å². The van der Waals surface area contributed by atoms with Gasteiger partial charge in [0.15, 0.2) is 11.5 Å². The third-order valence-corrected chi connectivity index (χ3v) is 6.19. The Kier molecular flexibility index (Phi) is 9.83. The van der Waals surface area contributed by atoms with Gasteiger partial charge in [-0.1, -0.05) is 48.9 Å². The highest BCUT2D eigenvalue weighted by Crippen LogP contribution is 2.29. The zero-order chi connectivity index (χ0) is 25.9. The van der Waals surface area contributed by atoms with Gasteiger partial charge in [0.05, 0.1) is 7.11 Å². The molecule has 0 aliphatic heterocycles. The van der Waals surface area contributed by atoms with Gasteiger partial charge < -0.3 is 14.2 Å². The van der Waals surface area contributed by atoms with Gasteiger partial charge in [-0.25, -0.2) is 0 Å². The maximum absolute atomic E-state index is 12.6.